The fourth-order valence-electron chi connectivity index (χ4n) is 3.44. The minimum atomic E-state index is 0.141. The minimum Gasteiger partial charge on any atom is -0.293 e. The van der Waals surface area contributed by atoms with Gasteiger partial charge in [-0.15, -0.1) is 10.2 Å². The van der Waals surface area contributed by atoms with Gasteiger partial charge in [-0.1, -0.05) is 42.1 Å². The molecule has 0 atom stereocenters. The summed E-state index contributed by atoms with van der Waals surface area (Å²) in [4.78, 5) is 12.7. The number of aryl methyl sites for hydroxylation is 3. The van der Waals surface area contributed by atoms with Gasteiger partial charge in [-0.05, 0) is 61.4 Å². The van der Waals surface area contributed by atoms with Gasteiger partial charge in [0.1, 0.15) is 6.33 Å². The summed E-state index contributed by atoms with van der Waals surface area (Å²) in [6, 6.07) is 14.3. The lowest BCUT2D eigenvalue weighted by atomic mass is 9.90. The van der Waals surface area contributed by atoms with Crippen molar-refractivity contribution in [3.8, 4) is 5.69 Å². The number of nitrogens with zero attached hydrogens (tertiary/aromatic N) is 3. The van der Waals surface area contributed by atoms with E-state index in [0.29, 0.717) is 5.75 Å². The molecule has 5 heteroatoms. The molecule has 0 saturated carbocycles. The molecule has 1 aliphatic carbocycles. The van der Waals surface area contributed by atoms with Gasteiger partial charge in [0.2, 0.25) is 0 Å². The van der Waals surface area contributed by atoms with Crippen LogP contribution < -0.4 is 0 Å². The maximum atomic E-state index is 12.7. The molecule has 1 heterocycles. The smallest absolute Gasteiger partial charge is 0.196 e. The van der Waals surface area contributed by atoms with Crippen molar-refractivity contribution >= 4 is 17.5 Å². The Kier molecular flexibility index (Phi) is 4.89. The summed E-state index contributed by atoms with van der Waals surface area (Å²) in [7, 11) is 0. The molecule has 1 aromatic heterocycles. The van der Waals surface area contributed by atoms with Crippen molar-refractivity contribution in [1.82, 2.24) is 14.8 Å². The molecule has 4 rings (SSSR count). The first kappa shape index (κ1) is 17.0. The highest BCUT2D eigenvalue weighted by Crippen LogP contribution is 2.25. The molecule has 0 aliphatic heterocycles. The van der Waals surface area contributed by atoms with Crippen molar-refractivity contribution in [3.63, 3.8) is 0 Å². The number of hydrogen-bond donors (Lipinski definition) is 0. The van der Waals surface area contributed by atoms with E-state index in [2.05, 4.69) is 35.3 Å². The molecule has 3 aromatic rings. The molecule has 2 aromatic carbocycles. The summed E-state index contributed by atoms with van der Waals surface area (Å²) in [5.74, 6) is 0.506. The highest BCUT2D eigenvalue weighted by molar-refractivity contribution is 7.99. The van der Waals surface area contributed by atoms with E-state index in [0.717, 1.165) is 34.8 Å². The zero-order valence-corrected chi connectivity index (χ0v) is 15.6. The fourth-order valence-corrected chi connectivity index (χ4v) is 4.26. The second kappa shape index (κ2) is 7.46. The fraction of sp³-hybridized carbons (Fsp3) is 0.286. The predicted octanol–water partition coefficient (Wildman–Crippen LogP) is 4.43. The SMILES string of the molecule is Cc1ccccc1-n1cnnc1SCC(=O)c1ccc2c(c1)CCCC2. The van der Waals surface area contributed by atoms with Crippen molar-refractivity contribution in [1.29, 1.82) is 0 Å². The van der Waals surface area contributed by atoms with Gasteiger partial charge < -0.3 is 0 Å². The molecular formula is C21H21N3OS. The van der Waals surface area contributed by atoms with Gasteiger partial charge in [-0.2, -0.15) is 0 Å². The summed E-state index contributed by atoms with van der Waals surface area (Å²) >= 11 is 1.44. The molecular weight excluding hydrogens is 342 g/mol. The maximum Gasteiger partial charge on any atom is 0.196 e. The number of hydrogen-bond acceptors (Lipinski definition) is 4. The van der Waals surface area contributed by atoms with E-state index in [4.69, 9.17) is 0 Å². The van der Waals surface area contributed by atoms with Crippen LogP contribution in [0.2, 0.25) is 0 Å². The average Bonchev–Trinajstić information content (AvgIpc) is 3.14. The van der Waals surface area contributed by atoms with Crippen LogP contribution in [0.3, 0.4) is 0 Å². The van der Waals surface area contributed by atoms with Gasteiger partial charge in [0.25, 0.3) is 0 Å². The van der Waals surface area contributed by atoms with E-state index in [1.54, 1.807) is 6.33 Å². The van der Waals surface area contributed by atoms with Crippen LogP contribution in [0.1, 0.15) is 39.9 Å². The van der Waals surface area contributed by atoms with Crippen molar-refractivity contribution < 1.29 is 4.79 Å². The summed E-state index contributed by atoms with van der Waals surface area (Å²) < 4.78 is 1.94. The molecule has 0 spiro atoms. The zero-order valence-electron chi connectivity index (χ0n) is 14.8. The zero-order chi connectivity index (χ0) is 17.9. The highest BCUT2D eigenvalue weighted by atomic mass is 32.2. The number of ketones is 1. The monoisotopic (exact) mass is 363 g/mol. The van der Waals surface area contributed by atoms with E-state index in [9.17, 15) is 4.79 Å². The van der Waals surface area contributed by atoms with Crippen LogP contribution in [0.15, 0.2) is 53.9 Å². The normalized spacial score (nSPS) is 13.4. The lowest BCUT2D eigenvalue weighted by molar-refractivity contribution is 0.102. The van der Waals surface area contributed by atoms with Crippen LogP contribution in [-0.2, 0) is 12.8 Å². The van der Waals surface area contributed by atoms with Crippen LogP contribution in [0, 0.1) is 6.92 Å². The van der Waals surface area contributed by atoms with Gasteiger partial charge in [-0.3, -0.25) is 9.36 Å². The number of rotatable bonds is 5. The molecule has 0 fully saturated rings. The first-order chi connectivity index (χ1) is 12.7. The first-order valence-corrected chi connectivity index (χ1v) is 9.95. The number of fused-ring (bicyclic) bond motifs is 1. The highest BCUT2D eigenvalue weighted by Gasteiger charge is 2.15. The number of carbonyl (C=O) groups is 1. The van der Waals surface area contributed by atoms with Crippen LogP contribution >= 0.6 is 11.8 Å². The molecule has 0 unspecified atom stereocenters. The van der Waals surface area contributed by atoms with Crippen molar-refractivity contribution in [2.75, 3.05) is 5.75 Å². The number of aromatic nitrogens is 3. The van der Waals surface area contributed by atoms with E-state index in [-0.39, 0.29) is 5.78 Å². The summed E-state index contributed by atoms with van der Waals surface area (Å²) in [5.41, 5.74) is 5.74. The van der Waals surface area contributed by atoms with Crippen molar-refractivity contribution in [2.45, 2.75) is 37.8 Å². The maximum absolute atomic E-state index is 12.7. The number of para-hydroxylation sites is 1. The molecule has 0 N–H and O–H groups in total. The molecule has 0 bridgehead atoms. The Morgan fingerprint density at radius 1 is 1.12 bits per heavy atom. The van der Waals surface area contributed by atoms with Crippen molar-refractivity contribution in [3.05, 3.63) is 71.0 Å². The Bertz CT molecular complexity index is 948. The van der Waals surface area contributed by atoms with Gasteiger partial charge in [0, 0.05) is 5.56 Å². The Hall–Kier alpha value is -2.40. The minimum absolute atomic E-state index is 0.141. The van der Waals surface area contributed by atoms with Crippen LogP contribution in [0.5, 0.6) is 0 Å². The van der Waals surface area contributed by atoms with Crippen LogP contribution in [0.25, 0.3) is 5.69 Å². The molecule has 0 amide bonds. The third-order valence-corrected chi connectivity index (χ3v) is 5.84. The Labute approximate surface area is 157 Å². The van der Waals surface area contributed by atoms with Crippen LogP contribution in [-0.4, -0.2) is 26.3 Å². The third kappa shape index (κ3) is 3.44. The van der Waals surface area contributed by atoms with Crippen molar-refractivity contribution in [2.24, 2.45) is 0 Å². The molecule has 4 nitrogen and oxygen atoms in total. The summed E-state index contributed by atoms with van der Waals surface area (Å²) in [6.45, 7) is 2.06. The topological polar surface area (TPSA) is 47.8 Å². The van der Waals surface area contributed by atoms with E-state index in [1.807, 2.05) is 28.8 Å². The predicted molar refractivity (Wildman–Crippen MR) is 104 cm³/mol. The quantitative estimate of drug-likeness (QED) is 0.497. The number of thioether (sulfide) groups is 1. The van der Waals surface area contributed by atoms with E-state index >= 15 is 0 Å². The molecule has 0 saturated heterocycles. The molecule has 132 valence electrons. The number of benzene rings is 2. The molecule has 1 aliphatic rings. The Morgan fingerprint density at radius 2 is 1.92 bits per heavy atom. The lowest BCUT2D eigenvalue weighted by Crippen LogP contribution is -2.08. The average molecular weight is 363 g/mol. The Morgan fingerprint density at radius 3 is 2.77 bits per heavy atom. The van der Waals surface area contributed by atoms with Gasteiger partial charge in [0.05, 0.1) is 11.4 Å². The second-order valence-corrected chi connectivity index (χ2v) is 7.61. The molecule has 0 radical (unpaired) electrons. The van der Waals surface area contributed by atoms with Gasteiger partial charge in [-0.25, -0.2) is 0 Å². The second-order valence-electron chi connectivity index (χ2n) is 6.67. The number of carbonyl (C=O) groups excluding carboxylic acids is 1. The summed E-state index contributed by atoms with van der Waals surface area (Å²) in [5, 5.41) is 8.96. The first-order valence-electron chi connectivity index (χ1n) is 8.96. The summed E-state index contributed by atoms with van der Waals surface area (Å²) in [6.07, 6.45) is 6.40. The number of Topliss-reactive ketones (excluding diaryl/α,β-unsaturated/α-hetero) is 1. The Balaban J connectivity index is 1.49. The largest absolute Gasteiger partial charge is 0.293 e. The lowest BCUT2D eigenvalue weighted by Gasteiger charge is -2.16. The van der Waals surface area contributed by atoms with Gasteiger partial charge in [0.15, 0.2) is 10.9 Å². The van der Waals surface area contributed by atoms with Gasteiger partial charge >= 0.3 is 0 Å². The van der Waals surface area contributed by atoms with E-state index < -0.39 is 0 Å². The standard InChI is InChI=1S/C21H21N3OS/c1-15-6-2-5-9-19(15)24-14-22-23-21(24)26-13-20(25)18-11-10-16-7-3-4-8-17(16)12-18/h2,5-6,9-12,14H,3-4,7-8,13H2,1H3. The third-order valence-electron chi connectivity index (χ3n) is 4.89. The van der Waals surface area contributed by atoms with Crippen LogP contribution in [0.4, 0.5) is 0 Å². The molecule has 26 heavy (non-hydrogen) atoms. The van der Waals surface area contributed by atoms with E-state index in [1.165, 1.54) is 35.7 Å².